The van der Waals surface area contributed by atoms with Gasteiger partial charge in [0, 0.05) is 12.8 Å². The molecule has 1 unspecified atom stereocenters. The second kappa shape index (κ2) is 39.1. The van der Waals surface area contributed by atoms with E-state index in [1.165, 1.54) is 19.3 Å². The SMILES string of the molecule is CC/C=C/C/C=C/C/C=C/C/C=C/C/C=C/C/C=C/CCC(=O)OC[C@H](COP(=O)([O-])OCC[N+](C)(C)C)OC(=O)CCCC/C=C/C/C=C/C/C=C/CCCCC. The zero-order chi connectivity index (χ0) is 42.8. The molecule has 0 amide bonds. The van der Waals surface area contributed by atoms with Crippen LogP contribution in [0.15, 0.2) is 109 Å². The van der Waals surface area contributed by atoms with Crippen LogP contribution < -0.4 is 4.89 Å². The second-order valence-electron chi connectivity index (χ2n) is 15.0. The summed E-state index contributed by atoms with van der Waals surface area (Å²) >= 11 is 0. The number of carbonyl (C=O) groups excluding carboxylic acids is 2. The number of hydrogen-bond acceptors (Lipinski definition) is 8. The molecule has 0 aromatic rings. The minimum absolute atomic E-state index is 0.0560. The summed E-state index contributed by atoms with van der Waals surface area (Å²) in [5, 5.41) is 0. The van der Waals surface area contributed by atoms with E-state index < -0.39 is 32.5 Å². The smallest absolute Gasteiger partial charge is 0.306 e. The molecule has 0 bridgehead atoms. The minimum atomic E-state index is -4.66. The molecule has 0 aliphatic carbocycles. The van der Waals surface area contributed by atoms with E-state index in [1.54, 1.807) is 0 Å². The maximum absolute atomic E-state index is 12.6. The van der Waals surface area contributed by atoms with Crippen molar-refractivity contribution in [2.24, 2.45) is 0 Å². The first-order chi connectivity index (χ1) is 28.0. The van der Waals surface area contributed by atoms with Gasteiger partial charge in [-0.3, -0.25) is 14.2 Å². The Morgan fingerprint density at radius 2 is 1.00 bits per heavy atom. The number of likely N-dealkylation sites (N-methyl/N-ethyl adjacent to an activating group) is 1. The number of phosphoric acid groups is 1. The molecule has 2 atom stereocenters. The van der Waals surface area contributed by atoms with E-state index >= 15 is 0 Å². The van der Waals surface area contributed by atoms with Crippen molar-refractivity contribution >= 4 is 19.8 Å². The highest BCUT2D eigenvalue weighted by Crippen LogP contribution is 2.38. The number of allylic oxidation sites excluding steroid dienone is 18. The molecular weight excluding hydrogens is 750 g/mol. The van der Waals surface area contributed by atoms with Gasteiger partial charge in [0.1, 0.15) is 19.8 Å². The maximum atomic E-state index is 12.6. The van der Waals surface area contributed by atoms with Crippen LogP contribution in [0.1, 0.15) is 129 Å². The minimum Gasteiger partial charge on any atom is -0.756 e. The van der Waals surface area contributed by atoms with Crippen molar-refractivity contribution in [1.29, 1.82) is 0 Å². The molecule has 0 aliphatic rings. The van der Waals surface area contributed by atoms with Gasteiger partial charge in [-0.1, -0.05) is 136 Å². The van der Waals surface area contributed by atoms with E-state index in [1.807, 2.05) is 33.3 Å². The van der Waals surface area contributed by atoms with Gasteiger partial charge in [0.05, 0.1) is 27.7 Å². The Labute approximate surface area is 353 Å². The van der Waals surface area contributed by atoms with Gasteiger partial charge in [-0.2, -0.15) is 0 Å². The molecule has 0 saturated heterocycles. The normalized spacial score (nSPS) is 14.7. The third-order valence-electron chi connectivity index (χ3n) is 8.29. The molecule has 10 heteroatoms. The Hall–Kier alpha value is -3.33. The molecule has 9 nitrogen and oxygen atoms in total. The molecule has 0 aromatic heterocycles. The number of hydrogen-bond donors (Lipinski definition) is 0. The predicted molar refractivity (Wildman–Crippen MR) is 240 cm³/mol. The lowest BCUT2D eigenvalue weighted by molar-refractivity contribution is -0.870. The lowest BCUT2D eigenvalue weighted by Crippen LogP contribution is -2.37. The molecule has 328 valence electrons. The van der Waals surface area contributed by atoms with Gasteiger partial charge < -0.3 is 27.9 Å². The van der Waals surface area contributed by atoms with E-state index in [4.69, 9.17) is 18.5 Å². The summed E-state index contributed by atoms with van der Waals surface area (Å²) in [6, 6.07) is 0. The van der Waals surface area contributed by atoms with Gasteiger partial charge in [0.25, 0.3) is 7.82 Å². The molecule has 0 saturated carbocycles. The second-order valence-corrected chi connectivity index (χ2v) is 16.4. The molecule has 0 rings (SSSR count). The van der Waals surface area contributed by atoms with Gasteiger partial charge >= 0.3 is 11.9 Å². The van der Waals surface area contributed by atoms with Crippen LogP contribution in [0.2, 0.25) is 0 Å². The summed E-state index contributed by atoms with van der Waals surface area (Å²) in [6.07, 6.45) is 52.8. The Balaban J connectivity index is 4.58. The number of phosphoric ester groups is 1. The quantitative estimate of drug-likeness (QED) is 0.0200. The first kappa shape index (κ1) is 54.7. The molecule has 0 aromatic carbocycles. The van der Waals surface area contributed by atoms with Crippen molar-refractivity contribution in [3.8, 4) is 0 Å². The van der Waals surface area contributed by atoms with Crippen molar-refractivity contribution in [1.82, 2.24) is 0 Å². The van der Waals surface area contributed by atoms with Crippen LogP contribution in [0.4, 0.5) is 0 Å². The lowest BCUT2D eigenvalue weighted by atomic mass is 10.1. The lowest BCUT2D eigenvalue weighted by Gasteiger charge is -2.28. The fourth-order valence-electron chi connectivity index (χ4n) is 4.92. The van der Waals surface area contributed by atoms with Gasteiger partial charge in [-0.05, 0) is 89.9 Å². The Morgan fingerprint density at radius 3 is 1.47 bits per heavy atom. The van der Waals surface area contributed by atoms with Crippen molar-refractivity contribution < 1.29 is 42.1 Å². The van der Waals surface area contributed by atoms with Gasteiger partial charge in [0.2, 0.25) is 0 Å². The number of ether oxygens (including phenoxy) is 2. The van der Waals surface area contributed by atoms with Gasteiger partial charge in [-0.25, -0.2) is 0 Å². The number of esters is 2. The average Bonchev–Trinajstić information content (AvgIpc) is 3.17. The first-order valence-corrected chi connectivity index (χ1v) is 23.1. The van der Waals surface area contributed by atoms with E-state index in [2.05, 4.69) is 111 Å². The van der Waals surface area contributed by atoms with Crippen LogP contribution in [-0.4, -0.2) is 70.0 Å². The predicted octanol–water partition coefficient (Wildman–Crippen LogP) is 11.7. The summed E-state index contributed by atoms with van der Waals surface area (Å²) in [5.74, 6) is -0.991. The van der Waals surface area contributed by atoms with Crippen LogP contribution in [-0.2, 0) is 32.7 Å². The number of unbranched alkanes of at least 4 members (excludes halogenated alkanes) is 5. The fraction of sp³-hybridized carbons (Fsp3) is 0.583. The van der Waals surface area contributed by atoms with Crippen LogP contribution in [0.5, 0.6) is 0 Å². The molecular formula is C48H78NO8P. The Kier molecular flexibility index (Phi) is 36.9. The van der Waals surface area contributed by atoms with Crippen LogP contribution >= 0.6 is 7.82 Å². The van der Waals surface area contributed by atoms with Crippen molar-refractivity contribution in [3.63, 3.8) is 0 Å². The zero-order valence-corrected chi connectivity index (χ0v) is 37.6. The Bertz CT molecular complexity index is 1350. The number of nitrogens with zero attached hydrogens (tertiary/aromatic N) is 1. The molecule has 0 radical (unpaired) electrons. The van der Waals surface area contributed by atoms with Crippen molar-refractivity contribution in [2.45, 2.75) is 136 Å². The number of rotatable bonds is 37. The highest BCUT2D eigenvalue weighted by molar-refractivity contribution is 7.45. The monoisotopic (exact) mass is 828 g/mol. The highest BCUT2D eigenvalue weighted by Gasteiger charge is 2.21. The maximum Gasteiger partial charge on any atom is 0.306 e. The molecule has 0 N–H and O–H groups in total. The van der Waals surface area contributed by atoms with E-state index in [0.717, 1.165) is 70.6 Å². The molecule has 0 aliphatic heterocycles. The van der Waals surface area contributed by atoms with Crippen LogP contribution in [0.3, 0.4) is 0 Å². The van der Waals surface area contributed by atoms with Gasteiger partial charge in [0.15, 0.2) is 6.10 Å². The molecule has 0 heterocycles. The third kappa shape index (κ3) is 42.3. The largest absolute Gasteiger partial charge is 0.756 e. The summed E-state index contributed by atoms with van der Waals surface area (Å²) in [4.78, 5) is 37.5. The first-order valence-electron chi connectivity index (χ1n) is 21.6. The van der Waals surface area contributed by atoms with Gasteiger partial charge in [-0.15, -0.1) is 0 Å². The summed E-state index contributed by atoms with van der Waals surface area (Å²) in [6.45, 7) is 3.91. The molecule has 58 heavy (non-hydrogen) atoms. The third-order valence-corrected chi connectivity index (χ3v) is 9.25. The summed E-state index contributed by atoms with van der Waals surface area (Å²) in [7, 11) is 1.08. The zero-order valence-electron chi connectivity index (χ0n) is 36.7. The summed E-state index contributed by atoms with van der Waals surface area (Å²) in [5.41, 5.74) is 0. The van der Waals surface area contributed by atoms with Crippen LogP contribution in [0, 0.1) is 0 Å². The topological polar surface area (TPSA) is 111 Å². The van der Waals surface area contributed by atoms with E-state index in [9.17, 15) is 19.0 Å². The van der Waals surface area contributed by atoms with Crippen molar-refractivity contribution in [3.05, 3.63) is 109 Å². The Morgan fingerprint density at radius 1 is 0.552 bits per heavy atom. The number of quaternary nitrogens is 1. The molecule has 0 fully saturated rings. The van der Waals surface area contributed by atoms with Crippen LogP contribution in [0.25, 0.3) is 0 Å². The standard InChI is InChI=1S/C48H78NO8P/c1-6-8-10-12-14-16-18-20-22-23-24-25-27-28-30-32-34-36-38-40-47(50)54-44-46(45-56-58(52,53)55-43-42-49(3,4)5)57-48(51)41-39-37-35-33-31-29-26-21-19-17-15-13-11-9-7-2/h8,10,14-17,20-22,24-26,28,30-31,33-34,36,46H,6-7,9,11-13,18-19,23,27,29,32,35,37-45H2,1-5H3/b10-8+,16-14+,17-15+,22-20+,25-24+,26-21+,30-28+,33-31+,36-34+/t46-/m1/s1. The fourth-order valence-corrected chi connectivity index (χ4v) is 5.65. The van der Waals surface area contributed by atoms with E-state index in [0.29, 0.717) is 23.9 Å². The average molecular weight is 828 g/mol. The van der Waals surface area contributed by atoms with Crippen molar-refractivity contribution in [2.75, 3.05) is 47.5 Å². The summed E-state index contributed by atoms with van der Waals surface area (Å²) < 4.78 is 33.7. The molecule has 0 spiro atoms. The highest BCUT2D eigenvalue weighted by atomic mass is 31.2. The number of carbonyl (C=O) groups is 2. The van der Waals surface area contributed by atoms with E-state index in [-0.39, 0.29) is 26.1 Å².